The van der Waals surface area contributed by atoms with Crippen molar-refractivity contribution in [3.05, 3.63) is 45.7 Å². The zero-order chi connectivity index (χ0) is 16.4. The minimum absolute atomic E-state index is 0.0830. The van der Waals surface area contributed by atoms with Gasteiger partial charge in [0.05, 0.1) is 0 Å². The summed E-state index contributed by atoms with van der Waals surface area (Å²) >= 11 is -0.227. The Bertz CT molecular complexity index is 806. The molecule has 2 N–H and O–H groups in total. The average molecular weight is 546 g/mol. The zero-order valence-corrected chi connectivity index (χ0v) is 15.6. The summed E-state index contributed by atoms with van der Waals surface area (Å²) < 4.78 is 43.9. The van der Waals surface area contributed by atoms with Gasteiger partial charge in [-0.2, -0.15) is 0 Å². The second kappa shape index (κ2) is 6.71. The van der Waals surface area contributed by atoms with Gasteiger partial charge < -0.3 is 0 Å². The molecule has 3 rings (SSSR count). The molecule has 2 heterocycles. The quantitative estimate of drug-likeness (QED) is 0.551. The first-order valence-electron chi connectivity index (χ1n) is 6.22. The molecule has 0 fully saturated rings. The number of aliphatic imine (C=N–C) groups is 1. The van der Waals surface area contributed by atoms with Crippen LogP contribution in [-0.4, -0.2) is 21.3 Å². The van der Waals surface area contributed by atoms with Crippen LogP contribution in [0.15, 0.2) is 41.4 Å². The van der Waals surface area contributed by atoms with E-state index in [1.54, 1.807) is 12.1 Å². The molecule has 1 aliphatic heterocycles. The van der Waals surface area contributed by atoms with Crippen molar-refractivity contribution in [1.29, 1.82) is 0 Å². The number of alkyl halides is 3. The molecule has 0 amide bonds. The van der Waals surface area contributed by atoms with Gasteiger partial charge in [-0.3, -0.25) is 0 Å². The van der Waals surface area contributed by atoms with Crippen LogP contribution in [0.2, 0.25) is 0 Å². The van der Waals surface area contributed by atoms with Crippen LogP contribution in [0.1, 0.15) is 5.69 Å². The molecule has 2 aromatic rings. The average Bonchev–Trinajstić information content (AvgIpc) is 2.67. The Hall–Kier alpha value is -1.24. The van der Waals surface area contributed by atoms with Gasteiger partial charge in [-0.25, -0.2) is 0 Å². The number of fused-ring (bicyclic) bond motifs is 1. The third-order valence-corrected chi connectivity index (χ3v) is 10.8. The summed E-state index contributed by atoms with van der Waals surface area (Å²) in [4.78, 5) is 8.67. The molecule has 0 saturated heterocycles. The van der Waals surface area contributed by atoms with Gasteiger partial charge in [-0.05, 0) is 0 Å². The molecule has 0 bridgehead atoms. The fourth-order valence-corrected chi connectivity index (χ4v) is 8.88. The molecular formula is C14H9F3I2N3O-. The van der Waals surface area contributed by atoms with E-state index in [0.29, 0.717) is 22.8 Å². The Morgan fingerprint density at radius 2 is 2.00 bits per heavy atom. The van der Waals surface area contributed by atoms with Gasteiger partial charge in [0.25, 0.3) is 0 Å². The van der Waals surface area contributed by atoms with Gasteiger partial charge in [-0.1, -0.05) is 0 Å². The zero-order valence-electron chi connectivity index (χ0n) is 11.3. The summed E-state index contributed by atoms with van der Waals surface area (Å²) in [5.74, 6) is 0.0847. The van der Waals surface area contributed by atoms with Crippen molar-refractivity contribution in [2.75, 3.05) is 0 Å². The van der Waals surface area contributed by atoms with E-state index in [1.807, 2.05) is 10.2 Å². The molecule has 0 radical (unpaired) electrons. The SMILES string of the molecule is NC1=NC=I[I-]c2ccc(-c3cccc(OC(F)(F)F)c3)nc21. The van der Waals surface area contributed by atoms with Crippen LogP contribution in [0.3, 0.4) is 0 Å². The Kier molecular flexibility index (Phi) is 4.85. The first-order valence-corrected chi connectivity index (χ1v) is 14.8. The molecule has 0 unspecified atom stereocenters. The van der Waals surface area contributed by atoms with E-state index in [2.05, 4.69) is 14.7 Å². The summed E-state index contributed by atoms with van der Waals surface area (Å²) in [6.45, 7) is 0. The van der Waals surface area contributed by atoms with Gasteiger partial charge in [0.2, 0.25) is 0 Å². The van der Waals surface area contributed by atoms with Crippen molar-refractivity contribution in [1.82, 2.24) is 4.98 Å². The van der Waals surface area contributed by atoms with Crippen LogP contribution in [0.5, 0.6) is 5.75 Å². The Labute approximate surface area is 146 Å². The molecule has 0 saturated carbocycles. The van der Waals surface area contributed by atoms with Crippen LogP contribution < -0.4 is 27.7 Å². The van der Waals surface area contributed by atoms with E-state index in [-0.39, 0.29) is 39.7 Å². The number of amidine groups is 1. The number of nitrogens with zero attached hydrogens (tertiary/aromatic N) is 2. The summed E-state index contributed by atoms with van der Waals surface area (Å²) in [7, 11) is 0. The minimum atomic E-state index is -4.72. The molecule has 4 nitrogen and oxygen atoms in total. The van der Waals surface area contributed by atoms with Crippen LogP contribution in [0.4, 0.5) is 13.2 Å². The van der Waals surface area contributed by atoms with E-state index in [4.69, 9.17) is 5.73 Å². The number of pyridine rings is 1. The topological polar surface area (TPSA) is 60.5 Å². The van der Waals surface area contributed by atoms with Gasteiger partial charge >= 0.3 is 147 Å². The Morgan fingerprint density at radius 1 is 1.17 bits per heavy atom. The van der Waals surface area contributed by atoms with Crippen LogP contribution in [-0.2, 0) is 0 Å². The Balaban J connectivity index is 1.99. The summed E-state index contributed by atoms with van der Waals surface area (Å²) in [5.41, 5.74) is 7.64. The fraction of sp³-hybridized carbons (Fsp3) is 0.0714. The third-order valence-electron chi connectivity index (χ3n) is 2.79. The number of nitrogens with two attached hydrogens (primary N) is 1. The van der Waals surface area contributed by atoms with Gasteiger partial charge in [-0.15, -0.1) is 0 Å². The number of halogens is 5. The first kappa shape index (κ1) is 16.6. The van der Waals surface area contributed by atoms with Crippen molar-refractivity contribution >= 4 is 26.7 Å². The number of aromatic nitrogens is 1. The molecule has 23 heavy (non-hydrogen) atoms. The van der Waals surface area contributed by atoms with Crippen molar-refractivity contribution in [3.8, 4) is 17.0 Å². The van der Waals surface area contributed by atoms with Crippen LogP contribution in [0, 0.1) is 3.57 Å². The van der Waals surface area contributed by atoms with E-state index in [0.717, 1.165) is 3.57 Å². The molecule has 1 aliphatic rings. The van der Waals surface area contributed by atoms with E-state index >= 15 is 0 Å². The van der Waals surface area contributed by atoms with Crippen molar-refractivity contribution in [2.45, 2.75) is 6.36 Å². The van der Waals surface area contributed by atoms with E-state index in [1.165, 1.54) is 18.2 Å². The second-order valence-corrected chi connectivity index (χ2v) is 12.9. The Morgan fingerprint density at radius 3 is 2.78 bits per heavy atom. The molecular weight excluding hydrogens is 537 g/mol. The molecule has 122 valence electrons. The monoisotopic (exact) mass is 546 g/mol. The van der Waals surface area contributed by atoms with Gasteiger partial charge in [0.15, 0.2) is 0 Å². The third kappa shape index (κ3) is 4.19. The number of ether oxygens (including phenoxy) is 1. The maximum absolute atomic E-state index is 12.3. The normalized spacial score (nSPS) is 14.7. The van der Waals surface area contributed by atoms with E-state index in [9.17, 15) is 13.2 Å². The standard InChI is InChI=1S/C14H9F3I2N3O/c15-14(16,17)23-9-3-1-2-8(6-9)11-5-4-10-12(22-11)13(20)21-7-18-19-10/h1-7H,(H2,20,21)/q-1. The second-order valence-electron chi connectivity index (χ2n) is 4.37. The summed E-state index contributed by atoms with van der Waals surface area (Å²) in [5, 5.41) is 0. The predicted octanol–water partition coefficient (Wildman–Crippen LogP) is 0.270. The molecule has 0 aliphatic carbocycles. The van der Waals surface area contributed by atoms with Crippen LogP contribution in [0.25, 0.3) is 11.3 Å². The number of hydrogen-bond acceptors (Lipinski definition) is 4. The number of benzene rings is 1. The first-order chi connectivity index (χ1) is 10.9. The van der Waals surface area contributed by atoms with Crippen molar-refractivity contribution < 1.29 is 35.1 Å². The number of hydrogen-bond donors (Lipinski definition) is 1. The molecule has 0 atom stereocenters. The molecule has 1 aromatic heterocycles. The fourth-order valence-electron chi connectivity index (χ4n) is 1.89. The molecule has 9 heteroatoms. The van der Waals surface area contributed by atoms with Gasteiger partial charge in [0.1, 0.15) is 0 Å². The summed E-state index contributed by atoms with van der Waals surface area (Å²) in [6, 6.07) is 9.47. The molecule has 0 spiro atoms. The predicted molar refractivity (Wildman–Crippen MR) is 85.9 cm³/mol. The maximum atomic E-state index is 12.3. The van der Waals surface area contributed by atoms with Crippen molar-refractivity contribution in [3.63, 3.8) is 0 Å². The molecule has 1 aromatic carbocycles. The van der Waals surface area contributed by atoms with Crippen molar-refractivity contribution in [2.24, 2.45) is 10.7 Å². The van der Waals surface area contributed by atoms with Crippen LogP contribution >= 0.6 is 16.8 Å². The summed E-state index contributed by atoms with van der Waals surface area (Å²) in [6.07, 6.45) is -4.72. The van der Waals surface area contributed by atoms with Gasteiger partial charge in [0, 0.05) is 0 Å². The number of rotatable bonds is 2. The van der Waals surface area contributed by atoms with E-state index < -0.39 is 6.36 Å².